The number of hydrogen-bond donors (Lipinski definition) is 0. The van der Waals surface area contributed by atoms with Gasteiger partial charge in [0.15, 0.2) is 5.69 Å². The first kappa shape index (κ1) is 24.1. The summed E-state index contributed by atoms with van der Waals surface area (Å²) in [5, 5.41) is 4.01. The zero-order valence-electron chi connectivity index (χ0n) is 18.8. The SMILES string of the molecule is O=C(c1ccc(-c2cc(C(F)(F)F)nn2-c2ccccc2Cl)cc1)N1CCCC1c1cccc(F)c1. The second-order valence-electron chi connectivity index (χ2n) is 8.56. The van der Waals surface area contributed by atoms with Crippen molar-refractivity contribution in [2.45, 2.75) is 25.1 Å². The van der Waals surface area contributed by atoms with Crippen molar-refractivity contribution in [1.29, 1.82) is 0 Å². The van der Waals surface area contributed by atoms with Gasteiger partial charge >= 0.3 is 6.18 Å². The van der Waals surface area contributed by atoms with Crippen molar-refractivity contribution in [1.82, 2.24) is 14.7 Å². The van der Waals surface area contributed by atoms with E-state index in [0.717, 1.165) is 29.2 Å². The summed E-state index contributed by atoms with van der Waals surface area (Å²) in [5.74, 6) is -0.576. The highest BCUT2D eigenvalue weighted by molar-refractivity contribution is 6.32. The van der Waals surface area contributed by atoms with E-state index >= 15 is 0 Å². The van der Waals surface area contributed by atoms with Crippen molar-refractivity contribution in [3.63, 3.8) is 0 Å². The van der Waals surface area contributed by atoms with Crippen LogP contribution in [0.5, 0.6) is 0 Å². The monoisotopic (exact) mass is 513 g/mol. The molecule has 1 unspecified atom stereocenters. The maximum absolute atomic E-state index is 13.7. The molecule has 0 aliphatic carbocycles. The van der Waals surface area contributed by atoms with E-state index in [4.69, 9.17) is 11.6 Å². The van der Waals surface area contributed by atoms with Crippen LogP contribution in [-0.2, 0) is 6.18 Å². The van der Waals surface area contributed by atoms with Gasteiger partial charge in [0.05, 0.1) is 22.4 Å². The summed E-state index contributed by atoms with van der Waals surface area (Å²) in [6.07, 6.45) is -3.12. The smallest absolute Gasteiger partial charge is 0.332 e. The van der Waals surface area contributed by atoms with Crippen LogP contribution in [-0.4, -0.2) is 27.1 Å². The van der Waals surface area contributed by atoms with Gasteiger partial charge in [0.1, 0.15) is 5.82 Å². The van der Waals surface area contributed by atoms with E-state index in [2.05, 4.69) is 5.10 Å². The maximum Gasteiger partial charge on any atom is 0.435 e. The van der Waals surface area contributed by atoms with Gasteiger partial charge in [-0.15, -0.1) is 0 Å². The van der Waals surface area contributed by atoms with Crippen molar-refractivity contribution in [3.8, 4) is 16.9 Å². The van der Waals surface area contributed by atoms with Crippen molar-refractivity contribution >= 4 is 17.5 Å². The topological polar surface area (TPSA) is 38.1 Å². The Morgan fingerprint density at radius 3 is 2.42 bits per heavy atom. The van der Waals surface area contributed by atoms with Gasteiger partial charge in [0.2, 0.25) is 0 Å². The third kappa shape index (κ3) is 4.60. The lowest BCUT2D eigenvalue weighted by atomic mass is 10.0. The molecule has 184 valence electrons. The lowest BCUT2D eigenvalue weighted by Gasteiger charge is -2.25. The first-order chi connectivity index (χ1) is 17.2. The predicted octanol–water partition coefficient (Wildman–Crippen LogP) is 7.33. The number of likely N-dealkylation sites (tertiary alicyclic amines) is 1. The Morgan fingerprint density at radius 2 is 1.72 bits per heavy atom. The summed E-state index contributed by atoms with van der Waals surface area (Å²) in [5.41, 5.74) is 1.01. The molecule has 3 aromatic carbocycles. The lowest BCUT2D eigenvalue weighted by Crippen LogP contribution is -2.30. The Hall–Kier alpha value is -3.65. The summed E-state index contributed by atoms with van der Waals surface area (Å²) in [6.45, 7) is 0.538. The normalized spacial score (nSPS) is 15.9. The van der Waals surface area contributed by atoms with Crippen molar-refractivity contribution in [2.24, 2.45) is 0 Å². The number of hydrogen-bond acceptors (Lipinski definition) is 2. The fraction of sp³-hybridized carbons (Fsp3) is 0.185. The zero-order valence-corrected chi connectivity index (χ0v) is 19.6. The fourth-order valence-electron chi connectivity index (χ4n) is 4.55. The molecule has 1 amide bonds. The Labute approximate surface area is 209 Å². The minimum atomic E-state index is -4.64. The minimum absolute atomic E-state index is 0.188. The third-order valence-corrected chi connectivity index (χ3v) is 6.57. The van der Waals surface area contributed by atoms with Crippen molar-refractivity contribution in [2.75, 3.05) is 6.54 Å². The Balaban J connectivity index is 1.47. The molecule has 4 nitrogen and oxygen atoms in total. The van der Waals surface area contributed by atoms with Crippen LogP contribution in [0.25, 0.3) is 16.9 Å². The number of aromatic nitrogens is 2. The molecule has 1 fully saturated rings. The number of halogens is 5. The summed E-state index contributed by atoms with van der Waals surface area (Å²) < 4.78 is 55.3. The Morgan fingerprint density at radius 1 is 0.972 bits per heavy atom. The molecule has 9 heteroatoms. The summed E-state index contributed by atoms with van der Waals surface area (Å²) in [7, 11) is 0. The minimum Gasteiger partial charge on any atom is -0.332 e. The Bertz CT molecular complexity index is 1420. The molecule has 0 N–H and O–H groups in total. The van der Waals surface area contributed by atoms with Gasteiger partial charge in [-0.25, -0.2) is 9.07 Å². The number of carbonyl (C=O) groups is 1. The van der Waals surface area contributed by atoms with E-state index in [1.54, 1.807) is 65.6 Å². The maximum atomic E-state index is 13.7. The van der Waals surface area contributed by atoms with E-state index in [1.165, 1.54) is 12.1 Å². The molecule has 0 bridgehead atoms. The first-order valence-corrected chi connectivity index (χ1v) is 11.7. The average molecular weight is 514 g/mol. The van der Waals surface area contributed by atoms with Crippen LogP contribution in [0.1, 0.15) is 40.5 Å². The van der Waals surface area contributed by atoms with E-state index in [9.17, 15) is 22.4 Å². The number of amides is 1. The van der Waals surface area contributed by atoms with Crippen LogP contribution in [0, 0.1) is 5.82 Å². The van der Waals surface area contributed by atoms with Crippen LogP contribution in [0.2, 0.25) is 5.02 Å². The summed E-state index contributed by atoms with van der Waals surface area (Å²) in [6, 6.07) is 19.8. The molecule has 1 aliphatic rings. The Kier molecular flexibility index (Phi) is 6.30. The van der Waals surface area contributed by atoms with E-state index in [-0.39, 0.29) is 28.5 Å². The zero-order chi connectivity index (χ0) is 25.4. The van der Waals surface area contributed by atoms with Crippen LogP contribution in [0.4, 0.5) is 17.6 Å². The quantitative estimate of drug-likeness (QED) is 0.268. The highest BCUT2D eigenvalue weighted by Gasteiger charge is 2.36. The number of benzene rings is 3. The first-order valence-electron chi connectivity index (χ1n) is 11.3. The van der Waals surface area contributed by atoms with Crippen LogP contribution < -0.4 is 0 Å². The van der Waals surface area contributed by atoms with Crippen molar-refractivity contribution in [3.05, 3.63) is 107 Å². The van der Waals surface area contributed by atoms with Gasteiger partial charge in [-0.1, -0.05) is 48.0 Å². The van der Waals surface area contributed by atoms with Crippen molar-refractivity contribution < 1.29 is 22.4 Å². The van der Waals surface area contributed by atoms with E-state index in [1.807, 2.05) is 0 Å². The number of alkyl halides is 3. The van der Waals surface area contributed by atoms with Crippen LogP contribution >= 0.6 is 11.6 Å². The molecule has 1 atom stereocenters. The highest BCUT2D eigenvalue weighted by atomic mass is 35.5. The van der Waals surface area contributed by atoms with Crippen LogP contribution in [0.15, 0.2) is 78.9 Å². The van der Waals surface area contributed by atoms with Gasteiger partial charge in [-0.2, -0.15) is 18.3 Å². The third-order valence-electron chi connectivity index (χ3n) is 6.26. The van der Waals surface area contributed by atoms with Gasteiger partial charge in [-0.3, -0.25) is 4.79 Å². The fourth-order valence-corrected chi connectivity index (χ4v) is 4.77. The van der Waals surface area contributed by atoms with Crippen LogP contribution in [0.3, 0.4) is 0 Å². The molecule has 5 rings (SSSR count). The molecule has 0 spiro atoms. The summed E-state index contributed by atoms with van der Waals surface area (Å²) >= 11 is 6.24. The summed E-state index contributed by atoms with van der Waals surface area (Å²) in [4.78, 5) is 15.0. The largest absolute Gasteiger partial charge is 0.435 e. The van der Waals surface area contributed by atoms with Gasteiger partial charge in [0.25, 0.3) is 5.91 Å². The van der Waals surface area contributed by atoms with E-state index in [0.29, 0.717) is 23.4 Å². The van der Waals surface area contributed by atoms with Gasteiger partial charge in [-0.05, 0) is 60.9 Å². The molecule has 1 aromatic heterocycles. The number of nitrogens with zero attached hydrogens (tertiary/aromatic N) is 3. The molecule has 0 saturated carbocycles. The second-order valence-corrected chi connectivity index (χ2v) is 8.97. The molecular formula is C27H20ClF4N3O. The van der Waals surface area contributed by atoms with Gasteiger partial charge in [0, 0.05) is 17.7 Å². The standard InChI is InChI=1S/C27H20ClF4N3O/c28-21-7-1-2-8-23(21)35-24(16-25(33-35)27(30,31)32)17-10-12-18(13-11-17)26(36)34-14-4-9-22(34)19-5-3-6-20(29)15-19/h1-3,5-8,10-13,15-16,22H,4,9,14H2. The molecule has 1 aliphatic heterocycles. The number of carbonyl (C=O) groups excluding carboxylic acids is 1. The van der Waals surface area contributed by atoms with Gasteiger partial charge < -0.3 is 4.90 Å². The molecule has 2 heterocycles. The lowest BCUT2D eigenvalue weighted by molar-refractivity contribution is -0.141. The number of para-hydroxylation sites is 1. The number of rotatable bonds is 4. The average Bonchev–Trinajstić information content (AvgIpc) is 3.52. The molecule has 0 radical (unpaired) electrons. The predicted molar refractivity (Wildman–Crippen MR) is 128 cm³/mol. The van der Waals surface area contributed by atoms with E-state index < -0.39 is 11.9 Å². The highest BCUT2D eigenvalue weighted by Crippen LogP contribution is 2.36. The second kappa shape index (κ2) is 9.43. The molecule has 4 aromatic rings. The molecule has 36 heavy (non-hydrogen) atoms. The molecule has 1 saturated heterocycles. The molecular weight excluding hydrogens is 494 g/mol.